The molecule has 0 bridgehead atoms. The Morgan fingerprint density at radius 3 is 2.47 bits per heavy atom. The van der Waals surface area contributed by atoms with Gasteiger partial charge in [-0.2, -0.15) is 12.6 Å². The Labute approximate surface area is 103 Å². The third kappa shape index (κ3) is 5.42. The summed E-state index contributed by atoms with van der Waals surface area (Å²) in [5.41, 5.74) is 6.95. The third-order valence-corrected chi connectivity index (χ3v) is 2.59. The molecule has 0 fully saturated rings. The van der Waals surface area contributed by atoms with E-state index in [0.717, 1.165) is 0 Å². The van der Waals surface area contributed by atoms with E-state index in [9.17, 15) is 0 Å². The Kier molecular flexibility index (Phi) is 7.88. The molecular formula is C11H18ClNOS. The van der Waals surface area contributed by atoms with E-state index in [1.807, 2.05) is 37.3 Å². The van der Waals surface area contributed by atoms with Crippen molar-refractivity contribution in [3.63, 3.8) is 0 Å². The molecule has 0 amide bonds. The molecule has 0 spiro atoms. The molecular weight excluding hydrogens is 230 g/mol. The monoisotopic (exact) mass is 247 g/mol. The molecule has 15 heavy (non-hydrogen) atoms. The number of nitrogens with two attached hydrogens (primary N) is 1. The summed E-state index contributed by atoms with van der Waals surface area (Å²) in [6.07, 6.45) is 0.0488. The summed E-state index contributed by atoms with van der Waals surface area (Å²) in [5.74, 6) is 0.649. The summed E-state index contributed by atoms with van der Waals surface area (Å²) in [4.78, 5) is 0. The minimum Gasteiger partial charge on any atom is -0.372 e. The molecule has 0 heterocycles. The van der Waals surface area contributed by atoms with Gasteiger partial charge in [-0.1, -0.05) is 30.3 Å². The van der Waals surface area contributed by atoms with E-state index < -0.39 is 0 Å². The quantitative estimate of drug-likeness (QED) is 0.783. The first-order valence-corrected chi connectivity index (χ1v) is 5.39. The maximum atomic E-state index is 5.78. The standard InChI is InChI=1S/C11H17NOS.ClH/c1-9(11(12)8-14)13-7-10-5-3-2-4-6-10;/h2-6,9,11,14H,7-8,12H2,1H3;1H/t9-,11-;/m0./s1. The lowest BCUT2D eigenvalue weighted by Gasteiger charge is -2.18. The molecule has 4 heteroatoms. The number of ether oxygens (including phenoxy) is 1. The van der Waals surface area contributed by atoms with Crippen molar-refractivity contribution >= 4 is 25.0 Å². The SMILES string of the molecule is C[C@H](OCc1ccccc1)[C@@H](N)CS.Cl. The molecule has 2 nitrogen and oxygen atoms in total. The van der Waals surface area contributed by atoms with Gasteiger partial charge < -0.3 is 10.5 Å². The smallest absolute Gasteiger partial charge is 0.0721 e. The molecule has 0 unspecified atom stereocenters. The normalized spacial score (nSPS) is 14.1. The number of rotatable bonds is 5. The van der Waals surface area contributed by atoms with Gasteiger partial charge in [-0.3, -0.25) is 0 Å². The molecule has 0 aromatic heterocycles. The zero-order chi connectivity index (χ0) is 10.4. The van der Waals surface area contributed by atoms with Crippen molar-refractivity contribution in [3.8, 4) is 0 Å². The number of hydrogen-bond donors (Lipinski definition) is 2. The van der Waals surface area contributed by atoms with Crippen LogP contribution in [0.4, 0.5) is 0 Å². The van der Waals surface area contributed by atoms with Gasteiger partial charge in [-0.15, -0.1) is 12.4 Å². The predicted molar refractivity (Wildman–Crippen MR) is 69.8 cm³/mol. The second-order valence-corrected chi connectivity index (χ2v) is 3.71. The van der Waals surface area contributed by atoms with E-state index in [0.29, 0.717) is 12.4 Å². The molecule has 1 rings (SSSR count). The molecule has 2 N–H and O–H groups in total. The van der Waals surface area contributed by atoms with E-state index in [2.05, 4.69) is 12.6 Å². The van der Waals surface area contributed by atoms with Crippen LogP contribution in [-0.4, -0.2) is 17.9 Å². The average molecular weight is 248 g/mol. The van der Waals surface area contributed by atoms with Gasteiger partial charge >= 0.3 is 0 Å². The molecule has 2 atom stereocenters. The van der Waals surface area contributed by atoms with E-state index in [4.69, 9.17) is 10.5 Å². The van der Waals surface area contributed by atoms with Gasteiger partial charge in [0.2, 0.25) is 0 Å². The number of hydrogen-bond acceptors (Lipinski definition) is 3. The summed E-state index contributed by atoms with van der Waals surface area (Å²) in [6, 6.07) is 10.1. The van der Waals surface area contributed by atoms with E-state index >= 15 is 0 Å². The van der Waals surface area contributed by atoms with Crippen LogP contribution < -0.4 is 5.73 Å². The number of halogens is 1. The number of thiol groups is 1. The van der Waals surface area contributed by atoms with Crippen molar-refractivity contribution in [1.29, 1.82) is 0 Å². The molecule has 0 aliphatic heterocycles. The second kappa shape index (κ2) is 7.99. The second-order valence-electron chi connectivity index (χ2n) is 3.35. The Morgan fingerprint density at radius 1 is 1.33 bits per heavy atom. The molecule has 0 aliphatic rings. The van der Waals surface area contributed by atoms with E-state index in [1.165, 1.54) is 5.56 Å². The van der Waals surface area contributed by atoms with Gasteiger partial charge in [-0.25, -0.2) is 0 Å². The third-order valence-electron chi connectivity index (χ3n) is 2.17. The Balaban J connectivity index is 0.00000196. The van der Waals surface area contributed by atoms with Crippen molar-refractivity contribution in [2.75, 3.05) is 5.75 Å². The summed E-state index contributed by atoms with van der Waals surface area (Å²) >= 11 is 4.13. The highest BCUT2D eigenvalue weighted by Gasteiger charge is 2.10. The van der Waals surface area contributed by atoms with Crippen LogP contribution in [0, 0.1) is 0 Å². The highest BCUT2D eigenvalue weighted by molar-refractivity contribution is 7.80. The maximum absolute atomic E-state index is 5.78. The predicted octanol–water partition coefficient (Wildman–Crippen LogP) is 2.27. The number of benzene rings is 1. The molecule has 0 aliphatic carbocycles. The van der Waals surface area contributed by atoms with Gasteiger partial charge in [-0.05, 0) is 12.5 Å². The first kappa shape index (κ1) is 14.8. The first-order valence-electron chi connectivity index (χ1n) is 4.76. The summed E-state index contributed by atoms with van der Waals surface area (Å²) in [7, 11) is 0. The molecule has 0 saturated carbocycles. The molecule has 0 radical (unpaired) electrons. The molecule has 1 aromatic rings. The summed E-state index contributed by atoms with van der Waals surface area (Å²) in [6.45, 7) is 2.59. The van der Waals surface area contributed by atoms with Crippen molar-refractivity contribution in [3.05, 3.63) is 35.9 Å². The lowest BCUT2D eigenvalue weighted by molar-refractivity contribution is 0.0408. The Bertz CT molecular complexity index is 258. The fourth-order valence-electron chi connectivity index (χ4n) is 1.07. The fourth-order valence-corrected chi connectivity index (χ4v) is 1.37. The van der Waals surface area contributed by atoms with Crippen LogP contribution in [0.25, 0.3) is 0 Å². The van der Waals surface area contributed by atoms with Crippen LogP contribution in [0.15, 0.2) is 30.3 Å². The molecule has 86 valence electrons. The van der Waals surface area contributed by atoms with E-state index in [1.54, 1.807) is 0 Å². The largest absolute Gasteiger partial charge is 0.372 e. The lowest BCUT2D eigenvalue weighted by Crippen LogP contribution is -2.36. The zero-order valence-corrected chi connectivity index (χ0v) is 10.5. The maximum Gasteiger partial charge on any atom is 0.0721 e. The van der Waals surface area contributed by atoms with Gasteiger partial charge in [0.25, 0.3) is 0 Å². The molecule has 0 saturated heterocycles. The minimum absolute atomic E-state index is 0. The average Bonchev–Trinajstić information content (AvgIpc) is 2.26. The highest BCUT2D eigenvalue weighted by atomic mass is 35.5. The lowest BCUT2D eigenvalue weighted by atomic mass is 10.2. The van der Waals surface area contributed by atoms with Crippen LogP contribution in [-0.2, 0) is 11.3 Å². The van der Waals surface area contributed by atoms with Crippen molar-refractivity contribution in [2.24, 2.45) is 5.73 Å². The Hall–Kier alpha value is -0.220. The van der Waals surface area contributed by atoms with Crippen molar-refractivity contribution in [1.82, 2.24) is 0 Å². The first-order chi connectivity index (χ1) is 6.74. The van der Waals surface area contributed by atoms with Crippen LogP contribution in [0.3, 0.4) is 0 Å². The molecule has 1 aromatic carbocycles. The van der Waals surface area contributed by atoms with Crippen LogP contribution >= 0.6 is 25.0 Å². The van der Waals surface area contributed by atoms with Crippen LogP contribution in [0.1, 0.15) is 12.5 Å². The van der Waals surface area contributed by atoms with Crippen molar-refractivity contribution in [2.45, 2.75) is 25.7 Å². The minimum atomic E-state index is 0. The zero-order valence-electron chi connectivity index (χ0n) is 8.80. The van der Waals surface area contributed by atoms with Gasteiger partial charge in [0.1, 0.15) is 0 Å². The Morgan fingerprint density at radius 2 is 1.93 bits per heavy atom. The fraction of sp³-hybridized carbons (Fsp3) is 0.455. The van der Waals surface area contributed by atoms with Gasteiger partial charge in [0.05, 0.1) is 12.7 Å². The van der Waals surface area contributed by atoms with Crippen molar-refractivity contribution < 1.29 is 4.74 Å². The van der Waals surface area contributed by atoms with Crippen LogP contribution in [0.2, 0.25) is 0 Å². The van der Waals surface area contributed by atoms with Crippen LogP contribution in [0.5, 0.6) is 0 Å². The van der Waals surface area contributed by atoms with Gasteiger partial charge in [0.15, 0.2) is 0 Å². The summed E-state index contributed by atoms with van der Waals surface area (Å²) in [5, 5.41) is 0. The topological polar surface area (TPSA) is 35.2 Å². The summed E-state index contributed by atoms with van der Waals surface area (Å²) < 4.78 is 5.61. The van der Waals surface area contributed by atoms with E-state index in [-0.39, 0.29) is 24.6 Å². The van der Waals surface area contributed by atoms with Gasteiger partial charge in [0, 0.05) is 11.8 Å². The highest BCUT2D eigenvalue weighted by Crippen LogP contribution is 2.05.